The molecule has 7 amide bonds. The highest BCUT2D eigenvalue weighted by Crippen LogP contribution is 2.65. The Bertz CT molecular complexity index is 1500. The van der Waals surface area contributed by atoms with E-state index in [1.165, 1.54) is 9.80 Å². The van der Waals surface area contributed by atoms with Gasteiger partial charge in [-0.05, 0) is 72.2 Å². The van der Waals surface area contributed by atoms with Crippen LogP contribution in [-0.4, -0.2) is 93.9 Å². The molecule has 0 spiro atoms. The van der Waals surface area contributed by atoms with Crippen molar-refractivity contribution in [3.8, 4) is 0 Å². The molecule has 5 atom stereocenters. The van der Waals surface area contributed by atoms with Crippen molar-refractivity contribution < 1.29 is 33.6 Å². The van der Waals surface area contributed by atoms with Crippen LogP contribution in [0.2, 0.25) is 0 Å². The highest BCUT2D eigenvalue weighted by molar-refractivity contribution is 6.40. The Balaban J connectivity index is 1.30. The summed E-state index contributed by atoms with van der Waals surface area (Å²) in [6.45, 7) is 21.4. The molecule has 0 unspecified atom stereocenters. The van der Waals surface area contributed by atoms with Crippen LogP contribution in [0.4, 0.5) is 4.79 Å². The summed E-state index contributed by atoms with van der Waals surface area (Å²) in [5.41, 5.74) is -2.16. The second kappa shape index (κ2) is 13.3. The molecule has 2 heterocycles. The van der Waals surface area contributed by atoms with Crippen LogP contribution < -0.4 is 21.3 Å². The lowest BCUT2D eigenvalue weighted by Crippen LogP contribution is -2.68. The van der Waals surface area contributed by atoms with Crippen LogP contribution in [0.3, 0.4) is 0 Å². The first-order chi connectivity index (χ1) is 23.5. The summed E-state index contributed by atoms with van der Waals surface area (Å²) in [5.74, 6) is -2.79. The number of nitrogens with one attached hydrogen (secondary N) is 4. The topological polar surface area (TPSA) is 174 Å². The molecule has 5 fully saturated rings. The lowest BCUT2D eigenvalue weighted by atomic mass is 9.64. The lowest BCUT2D eigenvalue weighted by molar-refractivity contribution is -0.153. The molecule has 282 valence electrons. The third kappa shape index (κ3) is 7.72. The summed E-state index contributed by atoms with van der Waals surface area (Å²) in [5, 5.41) is 11.4. The average molecular weight is 711 g/mol. The Hall–Kier alpha value is -3.77. The predicted octanol–water partition coefficient (Wildman–Crippen LogP) is 2.83. The molecule has 5 aliphatic rings. The van der Waals surface area contributed by atoms with E-state index in [0.29, 0.717) is 25.0 Å². The zero-order valence-corrected chi connectivity index (χ0v) is 31.9. The number of carbonyl (C=O) groups is 7. The first-order valence-electron chi connectivity index (χ1n) is 18.5. The fourth-order valence-corrected chi connectivity index (χ4v) is 8.40. The number of imide groups is 1. The van der Waals surface area contributed by atoms with Crippen LogP contribution >= 0.6 is 0 Å². The van der Waals surface area contributed by atoms with E-state index in [2.05, 4.69) is 41.7 Å². The van der Waals surface area contributed by atoms with E-state index >= 15 is 0 Å². The van der Waals surface area contributed by atoms with Gasteiger partial charge in [0.1, 0.15) is 17.6 Å². The number of piperidine rings is 2. The number of ketones is 1. The first-order valence-corrected chi connectivity index (χ1v) is 18.5. The second-order valence-electron chi connectivity index (χ2n) is 18.5. The molecule has 2 saturated heterocycles. The minimum atomic E-state index is -1.32. The number of fused-ring (bicyclic) bond motifs is 1. The fourth-order valence-electron chi connectivity index (χ4n) is 8.40. The molecular formula is C38H58N6O7. The van der Waals surface area contributed by atoms with E-state index in [0.717, 1.165) is 19.3 Å². The number of amides is 7. The van der Waals surface area contributed by atoms with E-state index in [-0.39, 0.29) is 60.4 Å². The minimum Gasteiger partial charge on any atom is -0.347 e. The fraction of sp³-hybridized carbons (Fsp3) is 0.763. The molecule has 0 bridgehead atoms. The molecule has 13 heteroatoms. The summed E-state index contributed by atoms with van der Waals surface area (Å²) in [6, 6.07) is -3.38. The molecule has 4 N–H and O–H groups in total. The van der Waals surface area contributed by atoms with Gasteiger partial charge in [0.2, 0.25) is 29.4 Å². The van der Waals surface area contributed by atoms with E-state index in [4.69, 9.17) is 0 Å². The third-order valence-corrected chi connectivity index (χ3v) is 12.1. The number of Topliss-reactive ketones (excluding diaryl/α,β-unsaturated/α-hetero) is 1. The summed E-state index contributed by atoms with van der Waals surface area (Å²) in [7, 11) is 0. The molecule has 3 saturated carbocycles. The summed E-state index contributed by atoms with van der Waals surface area (Å²) in [6.07, 6.45) is 3.64. The quantitative estimate of drug-likeness (QED) is 0.137. The van der Waals surface area contributed by atoms with Crippen LogP contribution in [-0.2, 0) is 28.8 Å². The Morgan fingerprint density at radius 1 is 0.961 bits per heavy atom. The Morgan fingerprint density at radius 2 is 1.55 bits per heavy atom. The van der Waals surface area contributed by atoms with Crippen molar-refractivity contribution in [2.75, 3.05) is 13.1 Å². The highest BCUT2D eigenvalue weighted by Gasteiger charge is 2.70. The Labute approximate surface area is 301 Å². The van der Waals surface area contributed by atoms with Crippen molar-refractivity contribution in [2.24, 2.45) is 34.0 Å². The van der Waals surface area contributed by atoms with Gasteiger partial charge in [-0.3, -0.25) is 33.7 Å². The van der Waals surface area contributed by atoms with Gasteiger partial charge in [-0.15, -0.1) is 0 Å². The molecule has 0 aromatic carbocycles. The highest BCUT2D eigenvalue weighted by atomic mass is 16.2. The molecule has 0 radical (unpaired) electrons. The van der Waals surface area contributed by atoms with Crippen LogP contribution in [0, 0.1) is 34.0 Å². The molecule has 5 rings (SSSR count). The van der Waals surface area contributed by atoms with Gasteiger partial charge in [-0.25, -0.2) is 4.79 Å². The maximum Gasteiger partial charge on any atom is 0.315 e. The van der Waals surface area contributed by atoms with Crippen molar-refractivity contribution in [3.63, 3.8) is 0 Å². The molecule has 0 aromatic heterocycles. The number of nitrogens with zero attached hydrogens (tertiary/aromatic N) is 2. The van der Waals surface area contributed by atoms with Crippen molar-refractivity contribution in [3.05, 3.63) is 12.2 Å². The molecule has 51 heavy (non-hydrogen) atoms. The van der Waals surface area contributed by atoms with Gasteiger partial charge < -0.3 is 26.2 Å². The first kappa shape index (κ1) is 38.5. The number of carbonyl (C=O) groups excluding carboxylic acids is 7. The second-order valence-corrected chi connectivity index (χ2v) is 18.5. The molecule has 3 aliphatic carbocycles. The standard InChI is InChI=1S/C38H58N6O7/c1-11-21-14-38(15-21,30(47)32(49)39-22-12-13-22)42-31(48)29-27-23(37(27,9)10)18-44(29)33(50)28(20(2)3)41-34(51)40-24(35(4,5)6)19-43-25(45)16-36(7,8)17-26(43)46/h21-24,27-29H,2,11-19H2,1,3-10H3,(H,39,49)(H,42,48)(H2,40,41,51)/t21?,23-,24+,27-,28-,29-,38?/m0/s1. The largest absolute Gasteiger partial charge is 0.347 e. The third-order valence-electron chi connectivity index (χ3n) is 12.1. The van der Waals surface area contributed by atoms with Crippen LogP contribution in [0.5, 0.6) is 0 Å². The van der Waals surface area contributed by atoms with Crippen LogP contribution in [0.25, 0.3) is 0 Å². The van der Waals surface area contributed by atoms with Crippen molar-refractivity contribution in [1.82, 2.24) is 31.1 Å². The number of urea groups is 1. The van der Waals surface area contributed by atoms with Gasteiger partial charge in [0.15, 0.2) is 0 Å². The number of likely N-dealkylation sites (tertiary alicyclic amines) is 2. The monoisotopic (exact) mass is 710 g/mol. The number of hydrogen-bond acceptors (Lipinski definition) is 7. The molecular weight excluding hydrogens is 652 g/mol. The number of rotatable bonds is 12. The van der Waals surface area contributed by atoms with Crippen LogP contribution in [0.15, 0.2) is 12.2 Å². The summed E-state index contributed by atoms with van der Waals surface area (Å²) < 4.78 is 0. The SMILES string of the molecule is C=C(C)[C@H](NC(=O)N[C@H](CN1C(=O)CC(C)(C)CC1=O)C(C)(C)C)C(=O)N1C[C@H]2[C@@H]([C@H]1C(=O)NC1(C(=O)C(=O)NC3CC3)CC(CC)C1)C2(C)C. The zero-order valence-electron chi connectivity index (χ0n) is 31.9. The van der Waals surface area contributed by atoms with Gasteiger partial charge in [0, 0.05) is 32.0 Å². The molecule has 13 nitrogen and oxygen atoms in total. The van der Waals surface area contributed by atoms with Crippen molar-refractivity contribution >= 4 is 41.4 Å². The van der Waals surface area contributed by atoms with Gasteiger partial charge in [-0.1, -0.05) is 68.4 Å². The Kier molecular flexibility index (Phi) is 10.1. The average Bonchev–Trinajstić information content (AvgIpc) is 3.84. The lowest BCUT2D eigenvalue weighted by Gasteiger charge is -2.47. The predicted molar refractivity (Wildman–Crippen MR) is 190 cm³/mol. The Morgan fingerprint density at radius 3 is 2.06 bits per heavy atom. The number of hydrogen-bond donors (Lipinski definition) is 4. The van der Waals surface area contributed by atoms with Crippen LogP contribution in [0.1, 0.15) is 107 Å². The van der Waals surface area contributed by atoms with E-state index < -0.39 is 64.0 Å². The van der Waals surface area contributed by atoms with E-state index in [1.807, 2.05) is 41.5 Å². The normalized spacial score (nSPS) is 30.3. The zero-order chi connectivity index (χ0) is 38.0. The van der Waals surface area contributed by atoms with Crippen molar-refractivity contribution in [2.45, 2.75) is 137 Å². The van der Waals surface area contributed by atoms with Gasteiger partial charge in [0.05, 0.1) is 6.04 Å². The van der Waals surface area contributed by atoms with Gasteiger partial charge >= 0.3 is 6.03 Å². The van der Waals surface area contributed by atoms with E-state index in [9.17, 15) is 33.6 Å². The maximum atomic E-state index is 14.3. The van der Waals surface area contributed by atoms with Crippen molar-refractivity contribution in [1.29, 1.82) is 0 Å². The van der Waals surface area contributed by atoms with E-state index in [1.54, 1.807) is 6.92 Å². The van der Waals surface area contributed by atoms with Gasteiger partial charge in [0.25, 0.3) is 5.91 Å². The molecule has 0 aromatic rings. The minimum absolute atomic E-state index is 0.00293. The summed E-state index contributed by atoms with van der Waals surface area (Å²) in [4.78, 5) is 97.1. The summed E-state index contributed by atoms with van der Waals surface area (Å²) >= 11 is 0. The maximum absolute atomic E-state index is 14.3. The van der Waals surface area contributed by atoms with Gasteiger partial charge in [-0.2, -0.15) is 0 Å². The smallest absolute Gasteiger partial charge is 0.315 e. The molecule has 2 aliphatic heterocycles.